The second kappa shape index (κ2) is 11.1. The fraction of sp³-hybridized carbons (Fsp3) is 0.433. The maximum absolute atomic E-state index is 14.0. The van der Waals surface area contributed by atoms with Crippen LogP contribution in [0.25, 0.3) is 0 Å². The molecule has 4 rings (SSSR count). The molecule has 0 unspecified atom stereocenters. The van der Waals surface area contributed by atoms with E-state index in [-0.39, 0.29) is 23.8 Å². The summed E-state index contributed by atoms with van der Waals surface area (Å²) in [5.41, 5.74) is 4.63. The van der Waals surface area contributed by atoms with Gasteiger partial charge in [0.2, 0.25) is 5.91 Å². The molecule has 0 bridgehead atoms. The Hall–Kier alpha value is -3.19. The van der Waals surface area contributed by atoms with Crippen LogP contribution in [0, 0.1) is 32.4 Å². The summed E-state index contributed by atoms with van der Waals surface area (Å²) in [6, 6.07) is 10.1. The van der Waals surface area contributed by atoms with Crippen molar-refractivity contribution in [1.82, 2.24) is 14.9 Å². The molecular formula is C30H35F2N3O2. The maximum atomic E-state index is 14.0. The van der Waals surface area contributed by atoms with Gasteiger partial charge in [-0.05, 0) is 65.2 Å². The average Bonchev–Trinajstić information content (AvgIpc) is 2.84. The number of carbonyl (C=O) groups is 1. The Balaban J connectivity index is 1.45. The van der Waals surface area contributed by atoms with Crippen molar-refractivity contribution in [1.29, 1.82) is 0 Å². The molecule has 1 amide bonds. The van der Waals surface area contributed by atoms with Gasteiger partial charge in [0, 0.05) is 36.3 Å². The highest BCUT2D eigenvalue weighted by atomic mass is 19.1. The van der Waals surface area contributed by atoms with Gasteiger partial charge >= 0.3 is 0 Å². The molecule has 7 heteroatoms. The zero-order valence-corrected chi connectivity index (χ0v) is 22.3. The lowest BCUT2D eigenvalue weighted by molar-refractivity contribution is -0.131. The number of benzene rings is 2. The Morgan fingerprint density at radius 2 is 1.68 bits per heavy atom. The fourth-order valence-electron chi connectivity index (χ4n) is 5.12. The van der Waals surface area contributed by atoms with Crippen molar-refractivity contribution in [3.05, 3.63) is 93.6 Å². The lowest BCUT2D eigenvalue weighted by Gasteiger charge is -2.35. The lowest BCUT2D eigenvalue weighted by atomic mass is 9.86. The largest absolute Gasteiger partial charge is 0.366 e. The highest BCUT2D eigenvalue weighted by Crippen LogP contribution is 2.36. The molecule has 0 radical (unpaired) electrons. The first-order valence-electron chi connectivity index (χ1n) is 12.8. The Bertz CT molecular complexity index is 1240. The first-order chi connectivity index (χ1) is 17.5. The number of amides is 1. The van der Waals surface area contributed by atoms with E-state index in [0.717, 1.165) is 16.8 Å². The standard InChI is InChI=1S/C30H35F2N3O2/c1-19-13-20(2)15-22(14-19)18-37-30(4,5)25-17-33-21(3)34-29(25)23-9-11-35(12-10-23)28(36)16-24-26(31)7-6-8-27(24)32/h6-8,13-15,17,23H,9-12,16,18H2,1-5H3. The van der Waals surface area contributed by atoms with Crippen LogP contribution in [0.2, 0.25) is 0 Å². The predicted octanol–water partition coefficient (Wildman–Crippen LogP) is 6.08. The molecule has 3 aromatic rings. The van der Waals surface area contributed by atoms with E-state index >= 15 is 0 Å². The summed E-state index contributed by atoms with van der Waals surface area (Å²) in [5.74, 6) is -0.814. The van der Waals surface area contributed by atoms with Gasteiger partial charge in [-0.1, -0.05) is 35.4 Å². The van der Waals surface area contributed by atoms with Gasteiger partial charge in [-0.3, -0.25) is 4.79 Å². The van der Waals surface area contributed by atoms with Crippen LogP contribution in [0.1, 0.15) is 71.9 Å². The van der Waals surface area contributed by atoms with Crippen LogP contribution in [-0.4, -0.2) is 33.9 Å². The molecule has 0 atom stereocenters. The zero-order chi connectivity index (χ0) is 26.7. The molecule has 37 heavy (non-hydrogen) atoms. The Kier molecular flexibility index (Phi) is 8.02. The lowest BCUT2D eigenvalue weighted by Crippen LogP contribution is -2.39. The fourth-order valence-corrected chi connectivity index (χ4v) is 5.12. The molecule has 0 aliphatic carbocycles. The summed E-state index contributed by atoms with van der Waals surface area (Å²) < 4.78 is 34.5. The van der Waals surface area contributed by atoms with Crippen molar-refractivity contribution in [2.24, 2.45) is 0 Å². The number of carbonyl (C=O) groups excluding carboxylic acids is 1. The van der Waals surface area contributed by atoms with Gasteiger partial charge < -0.3 is 9.64 Å². The van der Waals surface area contributed by atoms with Gasteiger partial charge in [-0.25, -0.2) is 18.7 Å². The highest BCUT2D eigenvalue weighted by molar-refractivity contribution is 5.79. The average molecular weight is 508 g/mol. The predicted molar refractivity (Wildman–Crippen MR) is 139 cm³/mol. The van der Waals surface area contributed by atoms with E-state index in [1.54, 1.807) is 4.90 Å². The molecule has 2 heterocycles. The molecule has 1 aromatic heterocycles. The number of aryl methyl sites for hydroxylation is 3. The van der Waals surface area contributed by atoms with E-state index in [1.807, 2.05) is 27.0 Å². The van der Waals surface area contributed by atoms with Gasteiger partial charge in [-0.15, -0.1) is 0 Å². The molecule has 5 nitrogen and oxygen atoms in total. The minimum atomic E-state index is -0.688. The molecule has 2 aromatic carbocycles. The second-order valence-electron chi connectivity index (χ2n) is 10.5. The third kappa shape index (κ3) is 6.39. The van der Waals surface area contributed by atoms with E-state index in [1.165, 1.54) is 29.3 Å². The minimum Gasteiger partial charge on any atom is -0.366 e. The number of piperidine rings is 1. The van der Waals surface area contributed by atoms with Crippen LogP contribution in [0.4, 0.5) is 8.78 Å². The number of rotatable bonds is 7. The number of aromatic nitrogens is 2. The number of halogens is 2. The molecule has 0 spiro atoms. The SMILES string of the molecule is Cc1cc(C)cc(COC(C)(C)c2cnc(C)nc2C2CCN(C(=O)Cc3c(F)cccc3F)CC2)c1. The summed E-state index contributed by atoms with van der Waals surface area (Å²) in [5, 5.41) is 0. The van der Waals surface area contributed by atoms with Crippen LogP contribution >= 0.6 is 0 Å². The van der Waals surface area contributed by atoms with E-state index in [4.69, 9.17) is 9.72 Å². The summed E-state index contributed by atoms with van der Waals surface area (Å²) in [7, 11) is 0. The minimum absolute atomic E-state index is 0.134. The van der Waals surface area contributed by atoms with Gasteiger partial charge in [0.1, 0.15) is 17.5 Å². The van der Waals surface area contributed by atoms with E-state index in [9.17, 15) is 13.6 Å². The number of hydrogen-bond acceptors (Lipinski definition) is 4. The van der Waals surface area contributed by atoms with E-state index in [0.29, 0.717) is 38.4 Å². The Morgan fingerprint density at radius 3 is 2.30 bits per heavy atom. The maximum Gasteiger partial charge on any atom is 0.227 e. The van der Waals surface area contributed by atoms with Gasteiger partial charge in [0.25, 0.3) is 0 Å². The highest BCUT2D eigenvalue weighted by Gasteiger charge is 2.32. The molecule has 1 fully saturated rings. The summed E-state index contributed by atoms with van der Waals surface area (Å²) in [6.45, 7) is 11.6. The van der Waals surface area contributed by atoms with E-state index < -0.39 is 17.2 Å². The Morgan fingerprint density at radius 1 is 1.05 bits per heavy atom. The van der Waals surface area contributed by atoms with Gasteiger partial charge in [0.05, 0.1) is 24.3 Å². The van der Waals surface area contributed by atoms with Crippen molar-refractivity contribution >= 4 is 5.91 Å². The van der Waals surface area contributed by atoms with Crippen LogP contribution < -0.4 is 0 Å². The molecule has 1 aliphatic heterocycles. The second-order valence-corrected chi connectivity index (χ2v) is 10.5. The first-order valence-corrected chi connectivity index (χ1v) is 12.8. The zero-order valence-electron chi connectivity index (χ0n) is 22.3. The van der Waals surface area contributed by atoms with Crippen molar-refractivity contribution in [3.8, 4) is 0 Å². The quantitative estimate of drug-likeness (QED) is 0.389. The van der Waals surface area contributed by atoms with E-state index in [2.05, 4.69) is 37.0 Å². The normalized spacial score (nSPS) is 14.7. The van der Waals surface area contributed by atoms with Gasteiger partial charge in [0.15, 0.2) is 0 Å². The summed E-state index contributed by atoms with van der Waals surface area (Å²) in [6.07, 6.45) is 3.00. The molecule has 196 valence electrons. The molecule has 1 saturated heterocycles. The van der Waals surface area contributed by atoms with Crippen LogP contribution in [0.15, 0.2) is 42.6 Å². The molecule has 0 N–H and O–H groups in total. The smallest absolute Gasteiger partial charge is 0.227 e. The van der Waals surface area contributed by atoms with Crippen molar-refractivity contribution in [2.75, 3.05) is 13.1 Å². The Labute approximate surface area is 217 Å². The number of hydrogen-bond donors (Lipinski definition) is 0. The molecule has 1 aliphatic rings. The van der Waals surface area contributed by atoms with Crippen molar-refractivity contribution in [3.63, 3.8) is 0 Å². The van der Waals surface area contributed by atoms with Gasteiger partial charge in [-0.2, -0.15) is 0 Å². The number of likely N-dealkylation sites (tertiary alicyclic amines) is 1. The molecule has 0 saturated carbocycles. The third-order valence-electron chi connectivity index (χ3n) is 7.09. The van der Waals surface area contributed by atoms with Crippen molar-refractivity contribution < 1.29 is 18.3 Å². The van der Waals surface area contributed by atoms with Crippen LogP contribution in [0.3, 0.4) is 0 Å². The topological polar surface area (TPSA) is 55.3 Å². The van der Waals surface area contributed by atoms with Crippen LogP contribution in [-0.2, 0) is 28.2 Å². The summed E-state index contributed by atoms with van der Waals surface area (Å²) in [4.78, 5) is 23.8. The van der Waals surface area contributed by atoms with Crippen LogP contribution in [0.5, 0.6) is 0 Å². The molecular weight excluding hydrogens is 472 g/mol. The third-order valence-corrected chi connectivity index (χ3v) is 7.09. The number of ether oxygens (including phenoxy) is 1. The number of nitrogens with zero attached hydrogens (tertiary/aromatic N) is 3. The monoisotopic (exact) mass is 507 g/mol. The van der Waals surface area contributed by atoms with Crippen molar-refractivity contribution in [2.45, 2.75) is 72.0 Å². The first kappa shape index (κ1) is 26.9. The summed E-state index contributed by atoms with van der Waals surface area (Å²) >= 11 is 0.